The summed E-state index contributed by atoms with van der Waals surface area (Å²) in [5.74, 6) is 0. The minimum atomic E-state index is 0.461. The van der Waals surface area contributed by atoms with Crippen molar-refractivity contribution in [2.45, 2.75) is 71.9 Å². The molecular weight excluding hydrogens is 222 g/mol. The first kappa shape index (κ1) is 15.2. The summed E-state index contributed by atoms with van der Waals surface area (Å²) in [5, 5.41) is 8.05. The van der Waals surface area contributed by atoms with Crippen LogP contribution >= 0.6 is 0 Å². The maximum Gasteiger partial charge on any atom is 0.0492 e. The SMILES string of the molecule is CCCNC(CCC)CCc1ccnn1C(C)C. The molecular formula is C15H29N3. The fraction of sp³-hybridized carbons (Fsp3) is 0.800. The summed E-state index contributed by atoms with van der Waals surface area (Å²) in [6.07, 6.45) is 8.00. The molecule has 0 aromatic carbocycles. The Morgan fingerprint density at radius 3 is 2.61 bits per heavy atom. The van der Waals surface area contributed by atoms with Crippen molar-refractivity contribution in [2.24, 2.45) is 0 Å². The third kappa shape index (κ3) is 4.81. The first-order valence-electron chi connectivity index (χ1n) is 7.44. The molecule has 0 aliphatic heterocycles. The molecule has 0 spiro atoms. The quantitative estimate of drug-likeness (QED) is 0.727. The smallest absolute Gasteiger partial charge is 0.0492 e. The van der Waals surface area contributed by atoms with Gasteiger partial charge in [0.25, 0.3) is 0 Å². The molecule has 0 aliphatic rings. The van der Waals surface area contributed by atoms with Gasteiger partial charge in [0, 0.05) is 24.0 Å². The molecule has 0 saturated heterocycles. The van der Waals surface area contributed by atoms with Crippen LogP contribution in [0.5, 0.6) is 0 Å². The molecule has 3 nitrogen and oxygen atoms in total. The fourth-order valence-electron chi connectivity index (χ4n) is 2.37. The maximum absolute atomic E-state index is 4.40. The lowest BCUT2D eigenvalue weighted by molar-refractivity contribution is 0.434. The number of aryl methyl sites for hydroxylation is 1. The second-order valence-corrected chi connectivity index (χ2v) is 5.34. The Kier molecular flexibility index (Phi) is 7.02. The van der Waals surface area contributed by atoms with Gasteiger partial charge in [-0.1, -0.05) is 20.3 Å². The zero-order chi connectivity index (χ0) is 13.4. The van der Waals surface area contributed by atoms with Crippen LogP contribution in [0.15, 0.2) is 12.3 Å². The van der Waals surface area contributed by atoms with E-state index in [1.807, 2.05) is 6.20 Å². The third-order valence-electron chi connectivity index (χ3n) is 3.31. The van der Waals surface area contributed by atoms with E-state index < -0.39 is 0 Å². The lowest BCUT2D eigenvalue weighted by atomic mass is 10.0. The first-order chi connectivity index (χ1) is 8.69. The van der Waals surface area contributed by atoms with E-state index in [1.54, 1.807) is 0 Å². The first-order valence-corrected chi connectivity index (χ1v) is 7.44. The van der Waals surface area contributed by atoms with Crippen molar-refractivity contribution in [1.29, 1.82) is 0 Å². The van der Waals surface area contributed by atoms with Crippen molar-refractivity contribution in [3.05, 3.63) is 18.0 Å². The summed E-state index contributed by atoms with van der Waals surface area (Å²) in [4.78, 5) is 0. The summed E-state index contributed by atoms with van der Waals surface area (Å²) in [6, 6.07) is 3.27. The molecule has 3 heteroatoms. The minimum absolute atomic E-state index is 0.461. The number of aromatic nitrogens is 2. The zero-order valence-electron chi connectivity index (χ0n) is 12.4. The van der Waals surface area contributed by atoms with E-state index >= 15 is 0 Å². The van der Waals surface area contributed by atoms with E-state index in [2.05, 4.69) is 48.9 Å². The number of nitrogens with zero attached hydrogens (tertiary/aromatic N) is 2. The summed E-state index contributed by atoms with van der Waals surface area (Å²) in [7, 11) is 0. The van der Waals surface area contributed by atoms with Crippen LogP contribution < -0.4 is 5.32 Å². The van der Waals surface area contributed by atoms with E-state index in [1.165, 1.54) is 31.4 Å². The summed E-state index contributed by atoms with van der Waals surface area (Å²) in [6.45, 7) is 10.0. The Morgan fingerprint density at radius 1 is 1.22 bits per heavy atom. The van der Waals surface area contributed by atoms with Crippen molar-refractivity contribution >= 4 is 0 Å². The van der Waals surface area contributed by atoms with Gasteiger partial charge in [0.1, 0.15) is 0 Å². The van der Waals surface area contributed by atoms with Gasteiger partial charge in [-0.2, -0.15) is 5.10 Å². The summed E-state index contributed by atoms with van der Waals surface area (Å²) >= 11 is 0. The van der Waals surface area contributed by atoms with E-state index in [-0.39, 0.29) is 0 Å². The highest BCUT2D eigenvalue weighted by Crippen LogP contribution is 2.12. The Bertz CT molecular complexity index is 317. The van der Waals surface area contributed by atoms with Crippen LogP contribution in [0.2, 0.25) is 0 Å². The van der Waals surface area contributed by atoms with Gasteiger partial charge < -0.3 is 5.32 Å². The van der Waals surface area contributed by atoms with Crippen LogP contribution in [0.1, 0.15) is 65.1 Å². The van der Waals surface area contributed by atoms with E-state index in [0.717, 1.165) is 13.0 Å². The highest BCUT2D eigenvalue weighted by Gasteiger charge is 2.10. The molecule has 18 heavy (non-hydrogen) atoms. The third-order valence-corrected chi connectivity index (χ3v) is 3.31. The number of rotatable bonds is 9. The molecule has 0 aliphatic carbocycles. The van der Waals surface area contributed by atoms with Gasteiger partial charge in [0.2, 0.25) is 0 Å². The second-order valence-electron chi connectivity index (χ2n) is 5.34. The van der Waals surface area contributed by atoms with Crippen LogP contribution in [0.4, 0.5) is 0 Å². The molecule has 1 atom stereocenters. The maximum atomic E-state index is 4.40. The highest BCUT2D eigenvalue weighted by molar-refractivity contribution is 5.02. The van der Waals surface area contributed by atoms with Gasteiger partial charge in [-0.25, -0.2) is 0 Å². The monoisotopic (exact) mass is 251 g/mol. The molecule has 0 radical (unpaired) electrons. The lowest BCUT2D eigenvalue weighted by Crippen LogP contribution is -2.30. The van der Waals surface area contributed by atoms with Gasteiger partial charge in [-0.15, -0.1) is 0 Å². The Labute approximate surface area is 112 Å². The van der Waals surface area contributed by atoms with Crippen LogP contribution in [0.25, 0.3) is 0 Å². The number of nitrogens with one attached hydrogen (secondary N) is 1. The molecule has 104 valence electrons. The predicted molar refractivity (Wildman–Crippen MR) is 77.9 cm³/mol. The van der Waals surface area contributed by atoms with E-state index in [0.29, 0.717) is 12.1 Å². The van der Waals surface area contributed by atoms with E-state index in [9.17, 15) is 0 Å². The molecule has 1 aromatic heterocycles. The summed E-state index contributed by atoms with van der Waals surface area (Å²) < 4.78 is 2.14. The molecule has 1 rings (SSSR count). The summed E-state index contributed by atoms with van der Waals surface area (Å²) in [5.41, 5.74) is 1.37. The van der Waals surface area contributed by atoms with Crippen LogP contribution in [-0.4, -0.2) is 22.4 Å². The molecule has 1 heterocycles. The Hall–Kier alpha value is -0.830. The second kappa shape index (κ2) is 8.30. The predicted octanol–water partition coefficient (Wildman–Crippen LogP) is 3.56. The van der Waals surface area contributed by atoms with Gasteiger partial charge in [-0.05, 0) is 52.1 Å². The van der Waals surface area contributed by atoms with E-state index in [4.69, 9.17) is 0 Å². The molecule has 1 N–H and O–H groups in total. The van der Waals surface area contributed by atoms with Crippen LogP contribution in [-0.2, 0) is 6.42 Å². The van der Waals surface area contributed by atoms with Crippen molar-refractivity contribution in [1.82, 2.24) is 15.1 Å². The zero-order valence-corrected chi connectivity index (χ0v) is 12.4. The number of hydrogen-bond donors (Lipinski definition) is 1. The topological polar surface area (TPSA) is 29.9 Å². The average molecular weight is 251 g/mol. The number of hydrogen-bond acceptors (Lipinski definition) is 2. The molecule has 1 aromatic rings. The Balaban J connectivity index is 2.47. The Morgan fingerprint density at radius 2 is 2.00 bits per heavy atom. The normalized spacial score (nSPS) is 13.2. The van der Waals surface area contributed by atoms with Crippen molar-refractivity contribution in [3.8, 4) is 0 Å². The van der Waals surface area contributed by atoms with Crippen LogP contribution in [0, 0.1) is 0 Å². The molecule has 0 fully saturated rings. The van der Waals surface area contributed by atoms with Crippen molar-refractivity contribution in [2.75, 3.05) is 6.54 Å². The highest BCUT2D eigenvalue weighted by atomic mass is 15.3. The van der Waals surface area contributed by atoms with Gasteiger partial charge >= 0.3 is 0 Å². The standard InChI is InChI=1S/C15H29N3/c1-5-7-14(16-11-6-2)8-9-15-10-12-17-18(15)13(3)4/h10,12-14,16H,5-9,11H2,1-4H3. The van der Waals surface area contributed by atoms with Crippen LogP contribution in [0.3, 0.4) is 0 Å². The van der Waals surface area contributed by atoms with Gasteiger partial charge in [0.05, 0.1) is 0 Å². The van der Waals surface area contributed by atoms with Gasteiger partial charge in [-0.3, -0.25) is 4.68 Å². The molecule has 1 unspecified atom stereocenters. The molecule has 0 saturated carbocycles. The lowest BCUT2D eigenvalue weighted by Gasteiger charge is -2.18. The van der Waals surface area contributed by atoms with Crippen molar-refractivity contribution in [3.63, 3.8) is 0 Å². The average Bonchev–Trinajstić information content (AvgIpc) is 2.81. The minimum Gasteiger partial charge on any atom is -0.314 e. The molecule has 0 bridgehead atoms. The largest absolute Gasteiger partial charge is 0.314 e. The fourth-order valence-corrected chi connectivity index (χ4v) is 2.37. The van der Waals surface area contributed by atoms with Crippen molar-refractivity contribution < 1.29 is 0 Å². The molecule has 0 amide bonds. The van der Waals surface area contributed by atoms with Gasteiger partial charge in [0.15, 0.2) is 0 Å².